The van der Waals surface area contributed by atoms with Crippen LogP contribution in [0, 0.1) is 0 Å². The third-order valence-corrected chi connectivity index (χ3v) is 3.42. The van der Waals surface area contributed by atoms with E-state index in [1.807, 2.05) is 54.6 Å². The Hall–Kier alpha value is -2.00. The van der Waals surface area contributed by atoms with Gasteiger partial charge in [0.15, 0.2) is 0 Å². The molecule has 1 heterocycles. The van der Waals surface area contributed by atoms with Crippen LogP contribution in [-0.2, 0) is 0 Å². The topological polar surface area (TPSA) is 30.5 Å². The van der Waals surface area contributed by atoms with Crippen LogP contribution in [-0.4, -0.2) is 19.2 Å². The summed E-state index contributed by atoms with van der Waals surface area (Å²) in [6.07, 6.45) is 2.45. The fourth-order valence-corrected chi connectivity index (χ4v) is 2.32. The molecule has 0 aromatic heterocycles. The first kappa shape index (κ1) is 13.0. The summed E-state index contributed by atoms with van der Waals surface area (Å²) in [7, 11) is 0. The van der Waals surface area contributed by atoms with Crippen molar-refractivity contribution in [3.63, 3.8) is 0 Å². The quantitative estimate of drug-likeness (QED) is 0.899. The first-order valence-electron chi connectivity index (χ1n) is 7.09. The highest BCUT2D eigenvalue weighted by atomic mass is 16.5. The molecule has 1 atom stereocenters. The predicted molar refractivity (Wildman–Crippen MR) is 79.5 cm³/mol. The number of nitrogens with one attached hydrogen (secondary N) is 1. The summed E-state index contributed by atoms with van der Waals surface area (Å²) in [6.45, 7) is 1.84. The Labute approximate surface area is 119 Å². The molecule has 3 heteroatoms. The zero-order valence-electron chi connectivity index (χ0n) is 11.4. The van der Waals surface area contributed by atoms with Gasteiger partial charge in [-0.3, -0.25) is 0 Å². The molecule has 0 saturated carbocycles. The maximum atomic E-state index is 5.78. The summed E-state index contributed by atoms with van der Waals surface area (Å²) < 4.78 is 11.5. The van der Waals surface area contributed by atoms with Crippen molar-refractivity contribution in [1.29, 1.82) is 0 Å². The van der Waals surface area contributed by atoms with E-state index in [0.717, 1.165) is 30.4 Å². The van der Waals surface area contributed by atoms with Crippen molar-refractivity contribution >= 4 is 0 Å². The maximum Gasteiger partial charge on any atom is 0.127 e. The Morgan fingerprint density at radius 1 is 0.900 bits per heavy atom. The van der Waals surface area contributed by atoms with E-state index in [-0.39, 0.29) is 0 Å². The Morgan fingerprint density at radius 3 is 2.30 bits per heavy atom. The zero-order valence-corrected chi connectivity index (χ0v) is 11.4. The van der Waals surface area contributed by atoms with Crippen LogP contribution in [0.15, 0.2) is 54.6 Å². The highest BCUT2D eigenvalue weighted by Gasteiger charge is 2.14. The molecule has 0 spiro atoms. The number of hydrogen-bond acceptors (Lipinski definition) is 3. The molecular formula is C17H19NO2. The van der Waals surface area contributed by atoms with Crippen LogP contribution in [0.1, 0.15) is 12.8 Å². The molecule has 2 aromatic carbocycles. The van der Waals surface area contributed by atoms with E-state index in [1.165, 1.54) is 12.8 Å². The first-order chi connectivity index (χ1) is 9.90. The van der Waals surface area contributed by atoms with Crippen LogP contribution in [0.3, 0.4) is 0 Å². The minimum atomic E-state index is 0.496. The third-order valence-electron chi connectivity index (χ3n) is 3.42. The van der Waals surface area contributed by atoms with Crippen molar-refractivity contribution in [2.45, 2.75) is 18.9 Å². The minimum Gasteiger partial charge on any atom is -0.492 e. The molecule has 1 fully saturated rings. The number of benzene rings is 2. The zero-order chi connectivity index (χ0) is 13.6. The van der Waals surface area contributed by atoms with Gasteiger partial charge in [0.1, 0.15) is 23.9 Å². The number of ether oxygens (including phenoxy) is 2. The normalized spacial score (nSPS) is 17.9. The summed E-state index contributed by atoms with van der Waals surface area (Å²) in [6, 6.07) is 18.0. The molecule has 2 aromatic rings. The fourth-order valence-electron chi connectivity index (χ4n) is 2.32. The van der Waals surface area contributed by atoms with Crippen molar-refractivity contribution in [2.75, 3.05) is 13.2 Å². The van der Waals surface area contributed by atoms with Gasteiger partial charge in [-0.05, 0) is 55.8 Å². The lowest BCUT2D eigenvalue weighted by atomic mass is 10.2. The van der Waals surface area contributed by atoms with Gasteiger partial charge in [0.25, 0.3) is 0 Å². The molecule has 20 heavy (non-hydrogen) atoms. The average Bonchev–Trinajstić information content (AvgIpc) is 3.01. The highest BCUT2D eigenvalue weighted by Crippen LogP contribution is 2.23. The van der Waals surface area contributed by atoms with Crippen LogP contribution in [0.4, 0.5) is 0 Å². The first-order valence-corrected chi connectivity index (χ1v) is 7.09. The SMILES string of the molecule is c1ccc(Oc2ccc(OC[C@H]3CCCN3)cc2)cc1. The lowest BCUT2D eigenvalue weighted by Gasteiger charge is -2.12. The van der Waals surface area contributed by atoms with E-state index in [2.05, 4.69) is 5.32 Å². The van der Waals surface area contributed by atoms with Gasteiger partial charge < -0.3 is 14.8 Å². The van der Waals surface area contributed by atoms with Gasteiger partial charge in [-0.15, -0.1) is 0 Å². The Morgan fingerprint density at radius 2 is 1.60 bits per heavy atom. The second kappa shape index (κ2) is 6.44. The number of rotatable bonds is 5. The van der Waals surface area contributed by atoms with E-state index < -0.39 is 0 Å². The van der Waals surface area contributed by atoms with Crippen molar-refractivity contribution < 1.29 is 9.47 Å². The van der Waals surface area contributed by atoms with E-state index in [1.54, 1.807) is 0 Å². The van der Waals surface area contributed by atoms with Crippen molar-refractivity contribution in [2.24, 2.45) is 0 Å². The minimum absolute atomic E-state index is 0.496. The molecule has 3 rings (SSSR count). The smallest absolute Gasteiger partial charge is 0.127 e. The Balaban J connectivity index is 1.54. The highest BCUT2D eigenvalue weighted by molar-refractivity contribution is 5.35. The lowest BCUT2D eigenvalue weighted by molar-refractivity contribution is 0.277. The second-order valence-electron chi connectivity index (χ2n) is 4.99. The van der Waals surface area contributed by atoms with E-state index in [4.69, 9.17) is 9.47 Å². The number of para-hydroxylation sites is 1. The van der Waals surface area contributed by atoms with Gasteiger partial charge >= 0.3 is 0 Å². The molecular weight excluding hydrogens is 250 g/mol. The Bertz CT molecular complexity index is 518. The molecule has 1 aliphatic rings. The molecule has 1 saturated heterocycles. The Kier molecular flexibility index (Phi) is 4.19. The largest absolute Gasteiger partial charge is 0.492 e. The fraction of sp³-hybridized carbons (Fsp3) is 0.294. The second-order valence-corrected chi connectivity index (χ2v) is 4.99. The molecule has 1 aliphatic heterocycles. The van der Waals surface area contributed by atoms with Crippen LogP contribution in [0.5, 0.6) is 17.2 Å². The molecule has 3 nitrogen and oxygen atoms in total. The molecule has 0 radical (unpaired) electrons. The van der Waals surface area contributed by atoms with Gasteiger partial charge in [0.05, 0.1) is 0 Å². The third kappa shape index (κ3) is 3.52. The van der Waals surface area contributed by atoms with E-state index >= 15 is 0 Å². The van der Waals surface area contributed by atoms with Crippen LogP contribution < -0.4 is 14.8 Å². The van der Waals surface area contributed by atoms with Crippen LogP contribution in [0.2, 0.25) is 0 Å². The van der Waals surface area contributed by atoms with Gasteiger partial charge in [-0.2, -0.15) is 0 Å². The average molecular weight is 269 g/mol. The molecule has 104 valence electrons. The summed E-state index contributed by atoms with van der Waals surface area (Å²) >= 11 is 0. The summed E-state index contributed by atoms with van der Waals surface area (Å²) in [4.78, 5) is 0. The summed E-state index contributed by atoms with van der Waals surface area (Å²) in [5.74, 6) is 2.55. The molecule has 0 bridgehead atoms. The van der Waals surface area contributed by atoms with Crippen molar-refractivity contribution in [3.8, 4) is 17.2 Å². The van der Waals surface area contributed by atoms with Gasteiger partial charge in [0.2, 0.25) is 0 Å². The monoisotopic (exact) mass is 269 g/mol. The molecule has 0 aliphatic carbocycles. The van der Waals surface area contributed by atoms with Gasteiger partial charge in [-0.25, -0.2) is 0 Å². The van der Waals surface area contributed by atoms with Crippen molar-refractivity contribution in [3.05, 3.63) is 54.6 Å². The molecule has 0 unspecified atom stereocenters. The standard InChI is InChI=1S/C17H19NO2/c1-2-6-16(7-3-1)20-17-10-8-15(9-11-17)19-13-14-5-4-12-18-14/h1-3,6-11,14,18H,4-5,12-13H2/t14-/m1/s1. The van der Waals surface area contributed by atoms with Crippen LogP contribution >= 0.6 is 0 Å². The summed E-state index contributed by atoms with van der Waals surface area (Å²) in [5, 5.41) is 3.42. The number of hydrogen-bond donors (Lipinski definition) is 1. The van der Waals surface area contributed by atoms with Gasteiger partial charge in [-0.1, -0.05) is 18.2 Å². The van der Waals surface area contributed by atoms with E-state index in [9.17, 15) is 0 Å². The van der Waals surface area contributed by atoms with Crippen LogP contribution in [0.25, 0.3) is 0 Å². The summed E-state index contributed by atoms with van der Waals surface area (Å²) in [5.41, 5.74) is 0. The van der Waals surface area contributed by atoms with E-state index in [0.29, 0.717) is 6.04 Å². The van der Waals surface area contributed by atoms with Crippen molar-refractivity contribution in [1.82, 2.24) is 5.32 Å². The predicted octanol–water partition coefficient (Wildman–Crippen LogP) is 3.61. The molecule has 1 N–H and O–H groups in total. The van der Waals surface area contributed by atoms with Gasteiger partial charge in [0, 0.05) is 6.04 Å². The maximum absolute atomic E-state index is 5.78. The molecule has 0 amide bonds. The lowest BCUT2D eigenvalue weighted by Crippen LogP contribution is -2.28.